The molecule has 0 fully saturated rings. The Balaban J connectivity index is 2.29. The number of carbonyl (C=O) groups excluding carboxylic acids is 1. The zero-order chi connectivity index (χ0) is 21.6. The van der Waals surface area contributed by atoms with E-state index in [1.54, 1.807) is 47.4 Å². The van der Waals surface area contributed by atoms with Crippen molar-refractivity contribution in [3.05, 3.63) is 53.6 Å². The molecule has 0 unspecified atom stereocenters. The Morgan fingerprint density at radius 1 is 1.00 bits per heavy atom. The molecule has 0 aliphatic heterocycles. The molecule has 2 rings (SSSR count). The predicted octanol–water partition coefficient (Wildman–Crippen LogP) is 3.48. The highest BCUT2D eigenvalue weighted by atomic mass is 32.2. The van der Waals surface area contributed by atoms with Crippen molar-refractivity contribution in [1.82, 2.24) is 4.90 Å². The van der Waals surface area contributed by atoms with Gasteiger partial charge in [-0.2, -0.15) is 8.42 Å². The zero-order valence-electron chi connectivity index (χ0n) is 17.3. The lowest BCUT2D eigenvalue weighted by Gasteiger charge is -2.29. The van der Waals surface area contributed by atoms with Gasteiger partial charge in [0, 0.05) is 24.2 Å². The Morgan fingerprint density at radius 2 is 1.55 bits per heavy atom. The quantitative estimate of drug-likeness (QED) is 0.577. The third-order valence-electron chi connectivity index (χ3n) is 4.51. The van der Waals surface area contributed by atoms with Gasteiger partial charge in [-0.3, -0.25) is 4.79 Å². The number of nitrogens with zero attached hydrogens (tertiary/aromatic N) is 1. The lowest BCUT2D eigenvalue weighted by atomic mass is 10.1. The van der Waals surface area contributed by atoms with E-state index < -0.39 is 10.1 Å². The molecule has 1 amide bonds. The molecule has 0 saturated carbocycles. The average Bonchev–Trinajstić information content (AvgIpc) is 2.70. The fraction of sp³-hybridized carbons (Fsp3) is 0.381. The molecule has 0 heterocycles. The number of hydrogen-bond donors (Lipinski definition) is 0. The van der Waals surface area contributed by atoms with Crippen LogP contribution in [0.15, 0.2) is 42.5 Å². The topological polar surface area (TPSA) is 82.1 Å². The van der Waals surface area contributed by atoms with Gasteiger partial charge in [-0.25, -0.2) is 0 Å². The SMILES string of the molecule is CC[C@H](C)N(Cc1ccc(OS(C)(=O)=O)cc1)C(=O)c1cc(OC)cc(OC)c1. The summed E-state index contributed by atoms with van der Waals surface area (Å²) in [5.74, 6) is 1.17. The van der Waals surface area contributed by atoms with E-state index >= 15 is 0 Å². The van der Waals surface area contributed by atoms with Crippen LogP contribution in [0.1, 0.15) is 36.2 Å². The molecular formula is C21H27NO6S. The molecule has 0 aliphatic carbocycles. The van der Waals surface area contributed by atoms with E-state index in [0.717, 1.165) is 18.2 Å². The van der Waals surface area contributed by atoms with Crippen molar-refractivity contribution < 1.29 is 26.9 Å². The fourth-order valence-corrected chi connectivity index (χ4v) is 3.23. The Bertz CT molecular complexity index is 918. The summed E-state index contributed by atoms with van der Waals surface area (Å²) >= 11 is 0. The second kappa shape index (κ2) is 9.65. The molecule has 29 heavy (non-hydrogen) atoms. The van der Waals surface area contributed by atoms with Gasteiger partial charge in [0.25, 0.3) is 5.91 Å². The van der Waals surface area contributed by atoms with Crippen molar-refractivity contribution in [3.8, 4) is 17.2 Å². The molecule has 0 radical (unpaired) electrons. The highest BCUT2D eigenvalue weighted by Gasteiger charge is 2.22. The minimum absolute atomic E-state index is 0.00774. The normalized spacial score (nSPS) is 12.2. The van der Waals surface area contributed by atoms with E-state index in [1.165, 1.54) is 14.2 Å². The first-order valence-corrected chi connectivity index (χ1v) is 11.0. The van der Waals surface area contributed by atoms with Gasteiger partial charge in [0.05, 0.1) is 20.5 Å². The molecule has 0 bridgehead atoms. The summed E-state index contributed by atoms with van der Waals surface area (Å²) in [5, 5.41) is 0. The summed E-state index contributed by atoms with van der Waals surface area (Å²) in [6, 6.07) is 11.7. The first-order chi connectivity index (χ1) is 13.7. The number of hydrogen-bond acceptors (Lipinski definition) is 6. The highest BCUT2D eigenvalue weighted by molar-refractivity contribution is 7.86. The first-order valence-electron chi connectivity index (χ1n) is 9.19. The Hall–Kier alpha value is -2.74. The molecule has 0 saturated heterocycles. The number of rotatable bonds is 9. The number of ether oxygens (including phenoxy) is 2. The number of amides is 1. The van der Waals surface area contributed by atoms with Gasteiger partial charge in [0.2, 0.25) is 0 Å². The minimum Gasteiger partial charge on any atom is -0.497 e. The largest absolute Gasteiger partial charge is 0.497 e. The Morgan fingerprint density at radius 3 is 2.00 bits per heavy atom. The molecule has 8 heteroatoms. The van der Waals surface area contributed by atoms with Crippen LogP contribution in [-0.2, 0) is 16.7 Å². The van der Waals surface area contributed by atoms with Gasteiger partial charge in [0.1, 0.15) is 17.2 Å². The summed E-state index contributed by atoms with van der Waals surface area (Å²) in [6.07, 6.45) is 1.77. The summed E-state index contributed by atoms with van der Waals surface area (Å²) in [6.45, 7) is 4.36. The van der Waals surface area contributed by atoms with E-state index in [9.17, 15) is 13.2 Å². The van der Waals surface area contributed by atoms with Crippen LogP contribution in [0, 0.1) is 0 Å². The van der Waals surface area contributed by atoms with Crippen LogP contribution in [0.5, 0.6) is 17.2 Å². The van der Waals surface area contributed by atoms with Crippen molar-refractivity contribution >= 4 is 16.0 Å². The van der Waals surface area contributed by atoms with Crippen LogP contribution in [0.4, 0.5) is 0 Å². The number of carbonyl (C=O) groups is 1. The van der Waals surface area contributed by atoms with E-state index in [-0.39, 0.29) is 17.7 Å². The van der Waals surface area contributed by atoms with Gasteiger partial charge < -0.3 is 18.6 Å². The maximum Gasteiger partial charge on any atom is 0.306 e. The smallest absolute Gasteiger partial charge is 0.306 e. The van der Waals surface area contributed by atoms with Gasteiger partial charge in [0.15, 0.2) is 0 Å². The molecule has 0 aliphatic rings. The van der Waals surface area contributed by atoms with Crippen LogP contribution in [0.2, 0.25) is 0 Å². The second-order valence-electron chi connectivity index (χ2n) is 6.72. The number of benzene rings is 2. The average molecular weight is 422 g/mol. The van der Waals surface area contributed by atoms with Crippen LogP contribution >= 0.6 is 0 Å². The molecule has 158 valence electrons. The minimum atomic E-state index is -3.58. The summed E-state index contributed by atoms with van der Waals surface area (Å²) < 4.78 is 37.9. The molecule has 0 N–H and O–H groups in total. The lowest BCUT2D eigenvalue weighted by molar-refractivity contribution is 0.0671. The number of methoxy groups -OCH3 is 2. The van der Waals surface area contributed by atoms with Crippen LogP contribution < -0.4 is 13.7 Å². The molecule has 7 nitrogen and oxygen atoms in total. The Labute approximate surface area is 172 Å². The summed E-state index contributed by atoms with van der Waals surface area (Å²) in [7, 11) is -0.507. The maximum atomic E-state index is 13.3. The second-order valence-corrected chi connectivity index (χ2v) is 8.30. The molecule has 1 atom stereocenters. The molecule has 2 aromatic carbocycles. The third-order valence-corrected chi connectivity index (χ3v) is 5.00. The highest BCUT2D eigenvalue weighted by Crippen LogP contribution is 2.25. The summed E-state index contributed by atoms with van der Waals surface area (Å²) in [5.41, 5.74) is 1.33. The van der Waals surface area contributed by atoms with Gasteiger partial charge in [-0.1, -0.05) is 19.1 Å². The first kappa shape index (κ1) is 22.5. The standard InChI is InChI=1S/C21H27NO6S/c1-6-15(2)22(14-16-7-9-18(10-8-16)28-29(5,24)25)21(23)17-11-19(26-3)13-20(12-17)27-4/h7-13,15H,6,14H2,1-5H3/t15-/m0/s1. The van der Waals surface area contributed by atoms with Crippen LogP contribution in [0.25, 0.3) is 0 Å². The van der Waals surface area contributed by atoms with Crippen molar-refractivity contribution in [2.45, 2.75) is 32.9 Å². The van der Waals surface area contributed by atoms with Crippen molar-refractivity contribution in [1.29, 1.82) is 0 Å². The third kappa shape index (κ3) is 6.39. The van der Waals surface area contributed by atoms with E-state index in [2.05, 4.69) is 0 Å². The lowest BCUT2D eigenvalue weighted by Crippen LogP contribution is -2.37. The van der Waals surface area contributed by atoms with Gasteiger partial charge >= 0.3 is 10.1 Å². The van der Waals surface area contributed by atoms with Crippen molar-refractivity contribution in [2.24, 2.45) is 0 Å². The van der Waals surface area contributed by atoms with Crippen molar-refractivity contribution in [3.63, 3.8) is 0 Å². The summed E-state index contributed by atoms with van der Waals surface area (Å²) in [4.78, 5) is 15.0. The van der Waals surface area contributed by atoms with Crippen LogP contribution in [0.3, 0.4) is 0 Å². The van der Waals surface area contributed by atoms with Gasteiger partial charge in [-0.05, 0) is 43.2 Å². The van der Waals surface area contributed by atoms with Crippen molar-refractivity contribution in [2.75, 3.05) is 20.5 Å². The molecule has 0 aromatic heterocycles. The molecule has 2 aromatic rings. The predicted molar refractivity (Wildman–Crippen MR) is 111 cm³/mol. The van der Waals surface area contributed by atoms with E-state index in [4.69, 9.17) is 13.7 Å². The monoisotopic (exact) mass is 421 g/mol. The molecular weight excluding hydrogens is 394 g/mol. The fourth-order valence-electron chi connectivity index (χ4n) is 2.77. The zero-order valence-corrected chi connectivity index (χ0v) is 18.2. The van der Waals surface area contributed by atoms with Crippen LogP contribution in [-0.4, -0.2) is 45.7 Å². The maximum absolute atomic E-state index is 13.3. The van der Waals surface area contributed by atoms with E-state index in [0.29, 0.717) is 23.6 Å². The Kier molecular flexibility index (Phi) is 7.50. The molecule has 0 spiro atoms. The van der Waals surface area contributed by atoms with Gasteiger partial charge in [-0.15, -0.1) is 0 Å². The van der Waals surface area contributed by atoms with E-state index in [1.807, 2.05) is 13.8 Å².